The number of halogens is 2. The van der Waals surface area contributed by atoms with Gasteiger partial charge in [0, 0.05) is 56.3 Å². The fourth-order valence-electron chi connectivity index (χ4n) is 7.41. The Morgan fingerprint density at radius 2 is 1.73 bits per heavy atom. The Morgan fingerprint density at radius 3 is 2.42 bits per heavy atom. The second kappa shape index (κ2) is 13.2. The maximum absolute atomic E-state index is 13.5. The van der Waals surface area contributed by atoms with Gasteiger partial charge in [0.05, 0.1) is 28.9 Å². The average molecular weight is 632 g/mol. The van der Waals surface area contributed by atoms with Crippen molar-refractivity contribution < 1.29 is 13.9 Å². The summed E-state index contributed by atoms with van der Waals surface area (Å²) in [5, 5.41) is 10.2. The number of nitriles is 1. The number of hydrogen-bond acceptors (Lipinski definition) is 8. The molecule has 0 aliphatic carbocycles. The molecule has 0 radical (unpaired) electrons. The van der Waals surface area contributed by atoms with Gasteiger partial charge in [-0.3, -0.25) is 9.69 Å². The normalized spacial score (nSPS) is 18.9. The van der Waals surface area contributed by atoms with Crippen LogP contribution < -0.4 is 14.5 Å². The fraction of sp³-hybridized carbons (Fsp3) is 0.471. The van der Waals surface area contributed by atoms with Crippen molar-refractivity contribution in [2.24, 2.45) is 0 Å². The van der Waals surface area contributed by atoms with Crippen molar-refractivity contribution in [3.8, 4) is 12.1 Å². The molecule has 1 aromatic heterocycles. The topological polar surface area (TPSA) is 88.8 Å². The van der Waals surface area contributed by atoms with Gasteiger partial charge in [-0.15, -0.1) is 0 Å². The quantitative estimate of drug-likeness (QED) is 0.329. The van der Waals surface area contributed by atoms with Gasteiger partial charge in [-0.05, 0) is 62.7 Å². The first kappa shape index (κ1) is 31.1. The van der Waals surface area contributed by atoms with Crippen LogP contribution in [0, 0.1) is 11.3 Å². The molecule has 0 saturated carbocycles. The molecule has 0 unspecified atom stereocenters. The van der Waals surface area contributed by atoms with Gasteiger partial charge in [-0.1, -0.05) is 42.4 Å². The molecule has 9 nitrogen and oxygen atoms in total. The van der Waals surface area contributed by atoms with E-state index in [0.29, 0.717) is 45.3 Å². The Hall–Kier alpha value is -3.94. The van der Waals surface area contributed by atoms with Crippen LogP contribution in [-0.4, -0.2) is 83.6 Å². The van der Waals surface area contributed by atoms with E-state index in [9.17, 15) is 9.18 Å². The number of fused-ring (bicyclic) bond motifs is 3. The number of anilines is 2. The van der Waals surface area contributed by atoms with Crippen LogP contribution in [0.2, 0.25) is 5.02 Å². The minimum Gasteiger partial charge on any atom is -0.461 e. The molecule has 0 N–H and O–H groups in total. The number of amides is 1. The molecule has 5 heterocycles. The SMILES string of the molecule is C=C(F)C(=O)N1CCN(c2nc(OCC34CCCN3CCC4)nc3c2CCN(c2cccc4cccc(Cl)c24)C3)CC1.CC#N. The van der Waals surface area contributed by atoms with Crippen LogP contribution in [0.5, 0.6) is 6.01 Å². The van der Waals surface area contributed by atoms with E-state index in [-0.39, 0.29) is 5.54 Å². The van der Waals surface area contributed by atoms with Crippen LogP contribution in [0.1, 0.15) is 43.9 Å². The number of hydrogen-bond donors (Lipinski definition) is 0. The van der Waals surface area contributed by atoms with Gasteiger partial charge in [0.1, 0.15) is 12.4 Å². The number of ether oxygens (including phenoxy) is 1. The molecule has 236 valence electrons. The van der Waals surface area contributed by atoms with Gasteiger partial charge in [0.2, 0.25) is 0 Å². The molecular weight excluding hydrogens is 593 g/mol. The van der Waals surface area contributed by atoms with E-state index in [1.165, 1.54) is 24.7 Å². The number of carbonyl (C=O) groups is 1. The highest BCUT2D eigenvalue weighted by atomic mass is 35.5. The van der Waals surface area contributed by atoms with Crippen molar-refractivity contribution in [3.63, 3.8) is 0 Å². The van der Waals surface area contributed by atoms with E-state index in [1.54, 1.807) is 6.07 Å². The molecule has 4 aliphatic rings. The Morgan fingerprint density at radius 1 is 1.04 bits per heavy atom. The predicted octanol–water partition coefficient (Wildman–Crippen LogP) is 5.51. The summed E-state index contributed by atoms with van der Waals surface area (Å²) < 4.78 is 20.0. The Kier molecular flexibility index (Phi) is 9.11. The van der Waals surface area contributed by atoms with Crippen molar-refractivity contribution in [2.45, 2.75) is 51.1 Å². The van der Waals surface area contributed by atoms with Gasteiger partial charge >= 0.3 is 6.01 Å². The third-order valence-electron chi connectivity index (χ3n) is 9.57. The Bertz CT molecular complexity index is 1620. The van der Waals surface area contributed by atoms with Crippen LogP contribution in [0.4, 0.5) is 15.9 Å². The molecule has 3 fully saturated rings. The summed E-state index contributed by atoms with van der Waals surface area (Å²) in [4.78, 5) is 30.8. The van der Waals surface area contributed by atoms with Crippen molar-refractivity contribution in [2.75, 3.05) is 62.2 Å². The summed E-state index contributed by atoms with van der Waals surface area (Å²) in [7, 11) is 0. The molecule has 2 aromatic carbocycles. The van der Waals surface area contributed by atoms with E-state index >= 15 is 0 Å². The highest BCUT2D eigenvalue weighted by Gasteiger charge is 2.45. The molecule has 4 aliphatic heterocycles. The zero-order valence-electron chi connectivity index (χ0n) is 25.8. The molecular formula is C34H39ClFN7O2. The van der Waals surface area contributed by atoms with Gasteiger partial charge in [-0.2, -0.15) is 15.2 Å². The van der Waals surface area contributed by atoms with Crippen molar-refractivity contribution >= 4 is 39.8 Å². The van der Waals surface area contributed by atoms with E-state index in [0.717, 1.165) is 77.5 Å². The van der Waals surface area contributed by atoms with E-state index in [1.807, 2.05) is 12.1 Å². The number of nitrogens with zero attached hydrogens (tertiary/aromatic N) is 7. The van der Waals surface area contributed by atoms with Crippen LogP contribution in [0.15, 0.2) is 48.8 Å². The van der Waals surface area contributed by atoms with Gasteiger partial charge in [0.15, 0.2) is 5.83 Å². The summed E-state index contributed by atoms with van der Waals surface area (Å²) in [6, 6.07) is 14.5. The Labute approximate surface area is 268 Å². The lowest BCUT2D eigenvalue weighted by atomic mass is 9.95. The fourth-order valence-corrected chi connectivity index (χ4v) is 7.69. The molecule has 3 saturated heterocycles. The molecule has 0 atom stereocenters. The monoisotopic (exact) mass is 631 g/mol. The lowest BCUT2D eigenvalue weighted by Crippen LogP contribution is -2.49. The largest absolute Gasteiger partial charge is 0.461 e. The highest BCUT2D eigenvalue weighted by Crippen LogP contribution is 2.40. The summed E-state index contributed by atoms with van der Waals surface area (Å²) in [6.45, 7) is 10.8. The summed E-state index contributed by atoms with van der Waals surface area (Å²) in [6.07, 6.45) is 5.48. The molecule has 3 aromatic rings. The second-order valence-corrected chi connectivity index (χ2v) is 12.6. The van der Waals surface area contributed by atoms with E-state index < -0.39 is 11.7 Å². The van der Waals surface area contributed by atoms with Crippen molar-refractivity contribution in [1.82, 2.24) is 19.8 Å². The first-order valence-corrected chi connectivity index (χ1v) is 16.1. The molecule has 7 rings (SSSR count). The zero-order chi connectivity index (χ0) is 31.6. The second-order valence-electron chi connectivity index (χ2n) is 12.2. The number of carbonyl (C=O) groups excluding carboxylic acids is 1. The third-order valence-corrected chi connectivity index (χ3v) is 9.89. The summed E-state index contributed by atoms with van der Waals surface area (Å²) >= 11 is 6.69. The zero-order valence-corrected chi connectivity index (χ0v) is 26.5. The number of piperazine rings is 1. The highest BCUT2D eigenvalue weighted by molar-refractivity contribution is 6.36. The van der Waals surface area contributed by atoms with Crippen LogP contribution >= 0.6 is 11.6 Å². The minimum absolute atomic E-state index is 0.0892. The molecule has 1 amide bonds. The van der Waals surface area contributed by atoms with E-state index in [2.05, 4.69) is 45.5 Å². The van der Waals surface area contributed by atoms with Crippen LogP contribution in [-0.2, 0) is 17.8 Å². The molecule has 45 heavy (non-hydrogen) atoms. The van der Waals surface area contributed by atoms with Crippen molar-refractivity contribution in [3.05, 3.63) is 65.1 Å². The van der Waals surface area contributed by atoms with E-state index in [4.69, 9.17) is 31.6 Å². The predicted molar refractivity (Wildman–Crippen MR) is 174 cm³/mol. The molecule has 11 heteroatoms. The maximum atomic E-state index is 13.5. The Balaban J connectivity index is 0.00000115. The smallest absolute Gasteiger partial charge is 0.318 e. The van der Waals surface area contributed by atoms with Gasteiger partial charge in [-0.25, -0.2) is 4.39 Å². The van der Waals surface area contributed by atoms with Gasteiger partial charge in [0.25, 0.3) is 5.91 Å². The molecule has 0 spiro atoms. The number of benzene rings is 2. The van der Waals surface area contributed by atoms with Crippen molar-refractivity contribution in [1.29, 1.82) is 5.26 Å². The number of aromatic nitrogens is 2. The lowest BCUT2D eigenvalue weighted by molar-refractivity contribution is -0.128. The van der Waals surface area contributed by atoms with Gasteiger partial charge < -0.3 is 19.4 Å². The summed E-state index contributed by atoms with van der Waals surface area (Å²) in [5.41, 5.74) is 3.25. The molecule has 0 bridgehead atoms. The number of rotatable bonds is 6. The summed E-state index contributed by atoms with van der Waals surface area (Å²) in [5.74, 6) is -0.687. The van der Waals surface area contributed by atoms with Crippen LogP contribution in [0.3, 0.4) is 0 Å². The van der Waals surface area contributed by atoms with Crippen LogP contribution in [0.25, 0.3) is 10.8 Å². The minimum atomic E-state index is -0.917. The first-order valence-electron chi connectivity index (χ1n) is 15.7. The third kappa shape index (κ3) is 6.16. The maximum Gasteiger partial charge on any atom is 0.318 e. The first-order chi connectivity index (χ1) is 21.8. The lowest BCUT2D eigenvalue weighted by Gasteiger charge is -2.38. The standard InChI is InChI=1S/C32H36ClFN6O2.C2H3N/c1-22(34)30(41)38-18-16-37(17-19-38)29-24-10-15-39(27-9-3-7-23-6-2-8-25(33)28(23)27)20-26(24)35-31(36-29)42-21-32-11-4-13-40(32)14-5-12-32;1-2-3/h2-3,6-9H,1,4-5,10-21H2;1H3. The average Bonchev–Trinajstić information content (AvgIpc) is 3.64.